The molecule has 1 aliphatic carbocycles. The summed E-state index contributed by atoms with van der Waals surface area (Å²) in [6.07, 6.45) is 7.82. The number of benzene rings is 2. The molecule has 11 nitrogen and oxygen atoms in total. The highest BCUT2D eigenvalue weighted by atomic mass is 32.2. The van der Waals surface area contributed by atoms with Crippen molar-refractivity contribution in [3.05, 3.63) is 53.7 Å². The zero-order valence-corrected chi connectivity index (χ0v) is 27.8. The van der Waals surface area contributed by atoms with E-state index < -0.39 is 15.9 Å². The van der Waals surface area contributed by atoms with Gasteiger partial charge in [-0.15, -0.1) is 0 Å². The second-order valence-electron chi connectivity index (χ2n) is 12.5. The second-order valence-corrected chi connectivity index (χ2v) is 14.5. The molecule has 0 bridgehead atoms. The number of carbonyl (C=O) groups is 2. The van der Waals surface area contributed by atoms with E-state index >= 15 is 0 Å². The van der Waals surface area contributed by atoms with Gasteiger partial charge in [-0.3, -0.25) is 14.3 Å². The van der Waals surface area contributed by atoms with E-state index in [-0.39, 0.29) is 29.3 Å². The summed E-state index contributed by atoms with van der Waals surface area (Å²) in [7, 11) is -1.77. The average Bonchev–Trinajstić information content (AvgIpc) is 3.71. The molecule has 1 N–H and O–H groups in total. The van der Waals surface area contributed by atoms with Crippen LogP contribution in [0.1, 0.15) is 62.9 Å². The molecule has 3 aromatic rings. The molecule has 3 heterocycles. The van der Waals surface area contributed by atoms with Gasteiger partial charge in [0.25, 0.3) is 11.8 Å². The van der Waals surface area contributed by atoms with Crippen LogP contribution in [-0.4, -0.2) is 91.3 Å². The number of fused-ring (bicyclic) bond motifs is 1. The number of aliphatic imine (C=N–C) groups is 1. The molecule has 0 spiro atoms. The summed E-state index contributed by atoms with van der Waals surface area (Å²) < 4.78 is 37.1. The van der Waals surface area contributed by atoms with Gasteiger partial charge < -0.3 is 15.0 Å². The normalized spacial score (nSPS) is 20.2. The Labute approximate surface area is 270 Å². The molecule has 46 heavy (non-hydrogen) atoms. The number of ether oxygens (including phenoxy) is 1. The van der Waals surface area contributed by atoms with Gasteiger partial charge >= 0.3 is 0 Å². The summed E-state index contributed by atoms with van der Waals surface area (Å²) in [5, 5.41) is 8.41. The quantitative estimate of drug-likeness (QED) is 0.364. The van der Waals surface area contributed by atoms with Crippen LogP contribution in [0.5, 0.6) is 5.75 Å². The molecule has 2 aromatic carbocycles. The SMILES string of the molecule is CCOc1ccc(S(=O)(=O)N2CCN(C)CC2)cc1-c1cc(C(=O)NCC2C(=O)N=C(C)C=C2C)c2cnn(C3CCCC3)c2c1. The first kappa shape index (κ1) is 32.1. The third-order valence-corrected chi connectivity index (χ3v) is 11.2. The van der Waals surface area contributed by atoms with Crippen LogP contribution < -0.4 is 10.1 Å². The van der Waals surface area contributed by atoms with E-state index in [4.69, 9.17) is 9.84 Å². The standard InChI is InChI=1S/C34H42N6O5S/c1-5-45-32-11-10-26(46(43,44)39-14-12-38(4)13-15-39)19-27(32)24-17-28(30-21-36-40(31(30)18-24)25-8-6-7-9-25)33(41)35-20-29-22(2)16-23(3)37-34(29)42/h10-11,16-19,21,25,29H,5-9,12-15,20H2,1-4H3,(H,35,41). The van der Waals surface area contributed by atoms with Crippen LogP contribution in [0.2, 0.25) is 0 Å². The van der Waals surface area contributed by atoms with Gasteiger partial charge in [-0.25, -0.2) is 13.4 Å². The molecule has 1 unspecified atom stereocenters. The zero-order chi connectivity index (χ0) is 32.6. The summed E-state index contributed by atoms with van der Waals surface area (Å²) >= 11 is 0. The molecule has 1 aromatic heterocycles. The highest BCUT2D eigenvalue weighted by molar-refractivity contribution is 7.89. The summed E-state index contributed by atoms with van der Waals surface area (Å²) in [6.45, 7) is 8.19. The van der Waals surface area contributed by atoms with Crippen molar-refractivity contribution in [3.8, 4) is 16.9 Å². The van der Waals surface area contributed by atoms with Crippen LogP contribution in [0.4, 0.5) is 0 Å². The summed E-state index contributed by atoms with van der Waals surface area (Å²) in [4.78, 5) is 32.9. The van der Waals surface area contributed by atoms with Gasteiger partial charge in [-0.1, -0.05) is 18.4 Å². The summed E-state index contributed by atoms with van der Waals surface area (Å²) in [6, 6.07) is 8.93. The van der Waals surface area contributed by atoms with Crippen LogP contribution >= 0.6 is 0 Å². The Bertz CT molecular complexity index is 1830. The number of amides is 2. The molecule has 2 fully saturated rings. The highest BCUT2D eigenvalue weighted by Crippen LogP contribution is 2.38. The summed E-state index contributed by atoms with van der Waals surface area (Å²) in [5.74, 6) is -0.623. The number of hydrogen-bond donors (Lipinski definition) is 1. The van der Waals surface area contributed by atoms with E-state index in [0.29, 0.717) is 66.3 Å². The summed E-state index contributed by atoms with van der Waals surface area (Å²) in [5.41, 5.74) is 3.94. The van der Waals surface area contributed by atoms with Gasteiger partial charge in [-0.2, -0.15) is 9.40 Å². The number of dihydropyridines is 1. The number of allylic oxidation sites excluding steroid dienone is 1. The lowest BCUT2D eigenvalue weighted by Crippen LogP contribution is -2.47. The van der Waals surface area contributed by atoms with Gasteiger partial charge in [0.05, 0.1) is 40.7 Å². The average molecular weight is 647 g/mol. The van der Waals surface area contributed by atoms with E-state index in [1.165, 1.54) is 4.31 Å². The van der Waals surface area contributed by atoms with Gasteiger partial charge in [0.15, 0.2) is 0 Å². The Hall–Kier alpha value is -3.87. The largest absolute Gasteiger partial charge is 0.493 e. The lowest BCUT2D eigenvalue weighted by Gasteiger charge is -2.31. The monoisotopic (exact) mass is 646 g/mol. The van der Waals surface area contributed by atoms with E-state index in [9.17, 15) is 18.0 Å². The number of nitrogens with one attached hydrogen (secondary N) is 1. The van der Waals surface area contributed by atoms with Crippen LogP contribution in [0, 0.1) is 5.92 Å². The second kappa shape index (κ2) is 13.1. The number of nitrogens with zero attached hydrogens (tertiary/aromatic N) is 5. The fraction of sp³-hybridized carbons (Fsp3) is 0.471. The minimum atomic E-state index is -3.76. The van der Waals surface area contributed by atoms with Crippen molar-refractivity contribution in [1.82, 2.24) is 24.3 Å². The first-order valence-electron chi connectivity index (χ1n) is 16.1. The number of hydrogen-bond acceptors (Lipinski definition) is 7. The fourth-order valence-corrected chi connectivity index (χ4v) is 8.18. The Morgan fingerprint density at radius 2 is 1.80 bits per heavy atom. The van der Waals surface area contributed by atoms with E-state index in [1.807, 2.05) is 37.7 Å². The Balaban J connectivity index is 1.43. The van der Waals surface area contributed by atoms with E-state index in [1.54, 1.807) is 37.4 Å². The topological polar surface area (TPSA) is 126 Å². The molecule has 244 valence electrons. The van der Waals surface area contributed by atoms with Crippen molar-refractivity contribution in [3.63, 3.8) is 0 Å². The first-order valence-corrected chi connectivity index (χ1v) is 17.5. The van der Waals surface area contributed by atoms with Crippen LogP contribution in [0.15, 0.2) is 58.1 Å². The molecule has 1 atom stereocenters. The number of rotatable bonds is 9. The van der Waals surface area contributed by atoms with E-state index in [0.717, 1.165) is 36.8 Å². The van der Waals surface area contributed by atoms with Crippen molar-refractivity contribution in [2.24, 2.45) is 10.9 Å². The Morgan fingerprint density at radius 1 is 1.07 bits per heavy atom. The van der Waals surface area contributed by atoms with Crippen molar-refractivity contribution >= 4 is 38.5 Å². The van der Waals surface area contributed by atoms with Gasteiger partial charge in [0, 0.05) is 49.4 Å². The van der Waals surface area contributed by atoms with Crippen molar-refractivity contribution in [2.45, 2.75) is 57.4 Å². The number of piperazine rings is 1. The smallest absolute Gasteiger partial charge is 0.254 e. The van der Waals surface area contributed by atoms with Gasteiger partial charge in [0.2, 0.25) is 10.0 Å². The third kappa shape index (κ3) is 6.25. The number of likely N-dealkylation sites (N-methyl/N-ethyl adjacent to an activating group) is 1. The number of carbonyl (C=O) groups excluding carboxylic acids is 2. The molecule has 2 amide bonds. The Kier molecular flexibility index (Phi) is 9.13. The zero-order valence-electron chi connectivity index (χ0n) is 27.0. The lowest BCUT2D eigenvalue weighted by atomic mass is 9.95. The van der Waals surface area contributed by atoms with Gasteiger partial charge in [0.1, 0.15) is 5.75 Å². The maximum absolute atomic E-state index is 13.9. The molecule has 3 aliphatic rings. The lowest BCUT2D eigenvalue weighted by molar-refractivity contribution is -0.120. The maximum Gasteiger partial charge on any atom is 0.254 e. The van der Waals surface area contributed by atoms with Crippen LogP contribution in [0.3, 0.4) is 0 Å². The van der Waals surface area contributed by atoms with E-state index in [2.05, 4.69) is 15.2 Å². The minimum Gasteiger partial charge on any atom is -0.493 e. The molecule has 0 radical (unpaired) electrons. The molecule has 1 saturated heterocycles. The third-order valence-electron chi connectivity index (χ3n) is 9.33. The fourth-order valence-electron chi connectivity index (χ4n) is 6.73. The van der Waals surface area contributed by atoms with Crippen molar-refractivity contribution < 1.29 is 22.7 Å². The molecule has 1 saturated carbocycles. The predicted octanol–water partition coefficient (Wildman–Crippen LogP) is 4.45. The van der Waals surface area contributed by atoms with Crippen molar-refractivity contribution in [1.29, 1.82) is 0 Å². The highest BCUT2D eigenvalue weighted by Gasteiger charge is 2.30. The van der Waals surface area contributed by atoms with Crippen molar-refractivity contribution in [2.75, 3.05) is 46.4 Å². The maximum atomic E-state index is 13.9. The molecular formula is C34H42N6O5S. The number of aromatic nitrogens is 2. The number of sulfonamides is 1. The molecular weight excluding hydrogens is 604 g/mol. The first-order chi connectivity index (χ1) is 22.1. The molecule has 2 aliphatic heterocycles. The minimum absolute atomic E-state index is 0.113. The molecule has 6 rings (SSSR count). The van der Waals surface area contributed by atoms with Crippen LogP contribution in [-0.2, 0) is 14.8 Å². The predicted molar refractivity (Wildman–Crippen MR) is 178 cm³/mol. The molecule has 12 heteroatoms. The Morgan fingerprint density at radius 3 is 2.50 bits per heavy atom. The van der Waals surface area contributed by atoms with Gasteiger partial charge in [-0.05, 0) is 82.6 Å². The van der Waals surface area contributed by atoms with Crippen LogP contribution in [0.25, 0.3) is 22.0 Å².